The molecule has 0 spiro atoms. The van der Waals surface area contributed by atoms with Crippen molar-refractivity contribution < 1.29 is 38.1 Å². The van der Waals surface area contributed by atoms with E-state index in [1.54, 1.807) is 50.2 Å². The molecule has 0 atom stereocenters. The van der Waals surface area contributed by atoms with Gasteiger partial charge in [0, 0.05) is 23.1 Å². The zero-order valence-electron chi connectivity index (χ0n) is 21.3. The van der Waals surface area contributed by atoms with Gasteiger partial charge in [-0.05, 0) is 55.7 Å². The predicted octanol–water partition coefficient (Wildman–Crippen LogP) is 4.77. The first-order chi connectivity index (χ1) is 17.5. The highest BCUT2D eigenvalue weighted by molar-refractivity contribution is 5.93. The van der Waals surface area contributed by atoms with Crippen molar-refractivity contribution in [2.75, 3.05) is 19.8 Å². The molecule has 0 aromatic heterocycles. The summed E-state index contributed by atoms with van der Waals surface area (Å²) in [4.78, 5) is 47.8. The molecule has 0 saturated carbocycles. The van der Waals surface area contributed by atoms with Crippen molar-refractivity contribution in [3.8, 4) is 16.9 Å². The number of rotatable bonds is 12. The van der Waals surface area contributed by atoms with E-state index in [1.165, 1.54) is 6.92 Å². The molecule has 0 heterocycles. The SMILES string of the molecule is C=C(C)C(=O)OCCOC(=O)c1cc(-c2ccc(OC(=O)C(=C)C)cc2)ccc1CCOC(=O)C(=C)C. The molecule has 2 aromatic carbocycles. The summed E-state index contributed by atoms with van der Waals surface area (Å²) in [6.07, 6.45) is 0.268. The van der Waals surface area contributed by atoms with Crippen LogP contribution >= 0.6 is 0 Å². The lowest BCUT2D eigenvalue weighted by Gasteiger charge is -2.13. The zero-order chi connectivity index (χ0) is 27.5. The van der Waals surface area contributed by atoms with Gasteiger partial charge in [0.1, 0.15) is 19.0 Å². The molecule has 0 fully saturated rings. The Hall–Kier alpha value is -4.46. The smallest absolute Gasteiger partial charge is 0.338 e. The third-order valence-corrected chi connectivity index (χ3v) is 4.93. The van der Waals surface area contributed by atoms with Gasteiger partial charge in [-0.1, -0.05) is 44.0 Å². The molecule has 0 unspecified atom stereocenters. The number of ether oxygens (including phenoxy) is 4. The van der Waals surface area contributed by atoms with E-state index in [9.17, 15) is 19.2 Å². The largest absolute Gasteiger partial charge is 0.462 e. The summed E-state index contributed by atoms with van der Waals surface area (Å²) >= 11 is 0. The highest BCUT2D eigenvalue weighted by atomic mass is 16.6. The third kappa shape index (κ3) is 8.92. The third-order valence-electron chi connectivity index (χ3n) is 4.93. The Balaban J connectivity index is 2.22. The van der Waals surface area contributed by atoms with Crippen molar-refractivity contribution in [3.63, 3.8) is 0 Å². The van der Waals surface area contributed by atoms with Gasteiger partial charge in [0.25, 0.3) is 0 Å². The molecular formula is C29H30O8. The van der Waals surface area contributed by atoms with Crippen LogP contribution in [-0.4, -0.2) is 43.7 Å². The molecule has 8 nitrogen and oxygen atoms in total. The van der Waals surface area contributed by atoms with Gasteiger partial charge < -0.3 is 18.9 Å². The zero-order valence-corrected chi connectivity index (χ0v) is 21.3. The van der Waals surface area contributed by atoms with Crippen LogP contribution in [0, 0.1) is 0 Å². The molecule has 194 valence electrons. The molecule has 2 aromatic rings. The number of carbonyl (C=O) groups is 4. The van der Waals surface area contributed by atoms with Crippen molar-refractivity contribution in [2.24, 2.45) is 0 Å². The van der Waals surface area contributed by atoms with Gasteiger partial charge >= 0.3 is 23.9 Å². The molecule has 0 radical (unpaired) electrons. The lowest BCUT2D eigenvalue weighted by atomic mass is 9.97. The summed E-state index contributed by atoms with van der Waals surface area (Å²) in [5, 5.41) is 0. The fraction of sp³-hybridized carbons (Fsp3) is 0.241. The van der Waals surface area contributed by atoms with Crippen LogP contribution in [0.3, 0.4) is 0 Å². The Morgan fingerprint density at radius 3 is 1.73 bits per heavy atom. The fourth-order valence-electron chi connectivity index (χ4n) is 2.92. The summed E-state index contributed by atoms with van der Waals surface area (Å²) in [5.74, 6) is -1.88. The number of carbonyl (C=O) groups excluding carboxylic acids is 4. The second-order valence-electron chi connectivity index (χ2n) is 8.28. The van der Waals surface area contributed by atoms with Gasteiger partial charge in [0.2, 0.25) is 0 Å². The first-order valence-electron chi connectivity index (χ1n) is 11.4. The molecule has 0 N–H and O–H groups in total. The van der Waals surface area contributed by atoms with Gasteiger partial charge in [0.15, 0.2) is 0 Å². The minimum atomic E-state index is -0.624. The summed E-state index contributed by atoms with van der Waals surface area (Å²) < 4.78 is 20.6. The Kier molecular flexibility index (Phi) is 10.6. The summed E-state index contributed by atoms with van der Waals surface area (Å²) in [6.45, 7) is 15.0. The Morgan fingerprint density at radius 2 is 1.16 bits per heavy atom. The van der Waals surface area contributed by atoms with E-state index < -0.39 is 23.9 Å². The first kappa shape index (κ1) is 28.8. The normalized spacial score (nSPS) is 10.1. The van der Waals surface area contributed by atoms with E-state index in [2.05, 4.69) is 19.7 Å². The quantitative estimate of drug-likeness (QED) is 0.133. The Labute approximate surface area is 216 Å². The molecule has 0 saturated heterocycles. The molecular weight excluding hydrogens is 476 g/mol. The van der Waals surface area contributed by atoms with Crippen LogP contribution < -0.4 is 4.74 Å². The summed E-state index contributed by atoms with van der Waals surface area (Å²) in [7, 11) is 0. The first-order valence-corrected chi connectivity index (χ1v) is 11.4. The van der Waals surface area contributed by atoms with Crippen molar-refractivity contribution in [1.29, 1.82) is 0 Å². The second-order valence-corrected chi connectivity index (χ2v) is 8.28. The topological polar surface area (TPSA) is 105 Å². The number of benzene rings is 2. The summed E-state index contributed by atoms with van der Waals surface area (Å²) in [5.41, 5.74) is 3.15. The molecule has 37 heavy (non-hydrogen) atoms. The van der Waals surface area contributed by atoms with Crippen LogP contribution in [0.25, 0.3) is 11.1 Å². The Morgan fingerprint density at radius 1 is 0.649 bits per heavy atom. The van der Waals surface area contributed by atoms with E-state index in [4.69, 9.17) is 18.9 Å². The molecule has 0 aliphatic rings. The van der Waals surface area contributed by atoms with E-state index >= 15 is 0 Å². The number of hydrogen-bond acceptors (Lipinski definition) is 8. The van der Waals surface area contributed by atoms with E-state index in [-0.39, 0.29) is 48.5 Å². The Bertz CT molecular complexity index is 1220. The van der Waals surface area contributed by atoms with Gasteiger partial charge in [-0.25, -0.2) is 19.2 Å². The van der Waals surface area contributed by atoms with Crippen LogP contribution in [0.1, 0.15) is 36.7 Å². The lowest BCUT2D eigenvalue weighted by Crippen LogP contribution is -2.16. The average molecular weight is 507 g/mol. The molecule has 0 bridgehead atoms. The van der Waals surface area contributed by atoms with Crippen LogP contribution in [-0.2, 0) is 35.0 Å². The predicted molar refractivity (Wildman–Crippen MR) is 138 cm³/mol. The van der Waals surface area contributed by atoms with E-state index in [0.717, 1.165) is 5.56 Å². The van der Waals surface area contributed by atoms with Crippen molar-refractivity contribution >= 4 is 23.9 Å². The highest BCUT2D eigenvalue weighted by Crippen LogP contribution is 2.26. The maximum Gasteiger partial charge on any atom is 0.338 e. The van der Waals surface area contributed by atoms with Crippen molar-refractivity contribution in [3.05, 3.63) is 90.0 Å². The summed E-state index contributed by atoms with van der Waals surface area (Å²) in [6, 6.07) is 12.0. The molecule has 2 rings (SSSR count). The van der Waals surface area contributed by atoms with Crippen LogP contribution in [0.2, 0.25) is 0 Å². The molecule has 0 aliphatic heterocycles. The standard InChI is InChI=1S/C29H30O8/c1-18(2)26(30)34-14-13-22-7-8-23(21-9-11-24(12-10-21)37-28(32)20(5)6)17-25(22)29(33)36-16-15-35-27(31)19(3)4/h7-12,17H,1,3,5,13-16H2,2,4,6H3. The maximum absolute atomic E-state index is 12.9. The van der Waals surface area contributed by atoms with Gasteiger partial charge in [-0.2, -0.15) is 0 Å². The highest BCUT2D eigenvalue weighted by Gasteiger charge is 2.16. The molecule has 0 amide bonds. The number of hydrogen-bond donors (Lipinski definition) is 0. The van der Waals surface area contributed by atoms with Gasteiger partial charge in [-0.15, -0.1) is 0 Å². The van der Waals surface area contributed by atoms with Crippen molar-refractivity contribution in [1.82, 2.24) is 0 Å². The minimum absolute atomic E-state index is 0.0460. The number of esters is 4. The van der Waals surface area contributed by atoms with E-state index in [0.29, 0.717) is 16.9 Å². The van der Waals surface area contributed by atoms with Gasteiger partial charge in [-0.3, -0.25) is 0 Å². The lowest BCUT2D eigenvalue weighted by molar-refractivity contribution is -0.140. The van der Waals surface area contributed by atoms with E-state index in [1.807, 2.05) is 6.07 Å². The monoisotopic (exact) mass is 506 g/mol. The maximum atomic E-state index is 12.9. The minimum Gasteiger partial charge on any atom is -0.462 e. The average Bonchev–Trinajstić information content (AvgIpc) is 2.86. The van der Waals surface area contributed by atoms with Crippen LogP contribution in [0.5, 0.6) is 5.75 Å². The second kappa shape index (κ2) is 13.6. The van der Waals surface area contributed by atoms with Crippen LogP contribution in [0.15, 0.2) is 78.9 Å². The van der Waals surface area contributed by atoms with Gasteiger partial charge in [0.05, 0.1) is 12.2 Å². The fourth-order valence-corrected chi connectivity index (χ4v) is 2.92. The molecule has 0 aliphatic carbocycles. The van der Waals surface area contributed by atoms with Crippen LogP contribution in [0.4, 0.5) is 0 Å². The molecule has 8 heteroatoms. The van der Waals surface area contributed by atoms with Crippen molar-refractivity contribution in [2.45, 2.75) is 27.2 Å².